The number of halogens is 1. The predicted octanol–water partition coefficient (Wildman–Crippen LogP) is 2.45. The van der Waals surface area contributed by atoms with Crippen molar-refractivity contribution in [2.45, 2.75) is 36.6 Å². The zero-order chi connectivity index (χ0) is 12.5. The summed E-state index contributed by atoms with van der Waals surface area (Å²) in [6.45, 7) is 0. The zero-order valence-electron chi connectivity index (χ0n) is 9.32. The highest BCUT2D eigenvalue weighted by Crippen LogP contribution is 2.29. The van der Waals surface area contributed by atoms with Crippen LogP contribution >= 0.6 is 15.9 Å². The van der Waals surface area contributed by atoms with Gasteiger partial charge in [-0.25, -0.2) is 13.6 Å². The van der Waals surface area contributed by atoms with Crippen molar-refractivity contribution in [1.29, 1.82) is 0 Å². The van der Waals surface area contributed by atoms with Crippen LogP contribution in [-0.4, -0.2) is 14.5 Å². The van der Waals surface area contributed by atoms with Crippen molar-refractivity contribution in [3.05, 3.63) is 22.7 Å². The van der Waals surface area contributed by atoms with E-state index in [2.05, 4.69) is 21.2 Å². The Labute approximate surface area is 110 Å². The number of sulfonamides is 1. The van der Waals surface area contributed by atoms with Gasteiger partial charge in [0.2, 0.25) is 10.0 Å². The molecule has 1 fully saturated rings. The van der Waals surface area contributed by atoms with Crippen LogP contribution in [0.4, 0.5) is 5.69 Å². The molecule has 1 aromatic rings. The van der Waals surface area contributed by atoms with Crippen LogP contribution in [0.2, 0.25) is 0 Å². The highest BCUT2D eigenvalue weighted by molar-refractivity contribution is 9.10. The van der Waals surface area contributed by atoms with Crippen LogP contribution in [0.5, 0.6) is 0 Å². The van der Waals surface area contributed by atoms with Gasteiger partial charge in [-0.3, -0.25) is 0 Å². The summed E-state index contributed by atoms with van der Waals surface area (Å²) in [4.78, 5) is 0.126. The Balaban J connectivity index is 2.19. The van der Waals surface area contributed by atoms with Crippen LogP contribution in [0, 0.1) is 0 Å². The first-order valence-electron chi connectivity index (χ1n) is 5.56. The van der Waals surface area contributed by atoms with E-state index in [0.29, 0.717) is 6.04 Å². The fraction of sp³-hybridized carbons (Fsp3) is 0.455. The molecule has 0 bridgehead atoms. The van der Waals surface area contributed by atoms with Gasteiger partial charge in [-0.05, 0) is 47.0 Å². The monoisotopic (exact) mass is 318 g/mol. The number of benzene rings is 1. The molecule has 0 unspecified atom stereocenters. The quantitative estimate of drug-likeness (QED) is 0.899. The summed E-state index contributed by atoms with van der Waals surface area (Å²) in [6.07, 6.45) is 4.85. The largest absolute Gasteiger partial charge is 0.381 e. The van der Waals surface area contributed by atoms with Crippen molar-refractivity contribution in [1.82, 2.24) is 0 Å². The summed E-state index contributed by atoms with van der Waals surface area (Å²) in [5.74, 6) is 0. The summed E-state index contributed by atoms with van der Waals surface area (Å²) < 4.78 is 23.1. The number of primary sulfonamides is 1. The van der Waals surface area contributed by atoms with Gasteiger partial charge in [-0.2, -0.15) is 0 Å². The Morgan fingerprint density at radius 1 is 1.29 bits per heavy atom. The lowest BCUT2D eigenvalue weighted by Crippen LogP contribution is -2.16. The second-order valence-electron chi connectivity index (χ2n) is 4.31. The summed E-state index contributed by atoms with van der Waals surface area (Å²) in [5.41, 5.74) is 0.921. The molecule has 0 heterocycles. The van der Waals surface area contributed by atoms with E-state index < -0.39 is 10.0 Å². The number of hydrogen-bond acceptors (Lipinski definition) is 3. The molecule has 0 radical (unpaired) electrons. The van der Waals surface area contributed by atoms with E-state index in [4.69, 9.17) is 5.14 Å². The molecule has 1 aliphatic carbocycles. The molecule has 0 atom stereocenters. The first kappa shape index (κ1) is 12.9. The molecule has 0 saturated heterocycles. The third-order valence-corrected chi connectivity index (χ3v) is 4.55. The van der Waals surface area contributed by atoms with E-state index in [0.717, 1.165) is 10.2 Å². The third-order valence-electron chi connectivity index (χ3n) is 2.98. The first-order valence-corrected chi connectivity index (χ1v) is 7.89. The van der Waals surface area contributed by atoms with E-state index in [1.54, 1.807) is 6.07 Å². The van der Waals surface area contributed by atoms with Crippen molar-refractivity contribution in [3.63, 3.8) is 0 Å². The van der Waals surface area contributed by atoms with Gasteiger partial charge < -0.3 is 5.32 Å². The van der Waals surface area contributed by atoms with Crippen LogP contribution in [0.1, 0.15) is 25.7 Å². The Kier molecular flexibility index (Phi) is 3.75. The maximum absolute atomic E-state index is 11.2. The van der Waals surface area contributed by atoms with Gasteiger partial charge in [0.15, 0.2) is 0 Å². The van der Waals surface area contributed by atoms with Gasteiger partial charge >= 0.3 is 0 Å². The van der Waals surface area contributed by atoms with Gasteiger partial charge in [0.1, 0.15) is 0 Å². The Hall–Kier alpha value is -0.590. The minimum absolute atomic E-state index is 0.126. The maximum Gasteiger partial charge on any atom is 0.238 e. The molecular formula is C11H15BrN2O2S. The molecule has 1 saturated carbocycles. The van der Waals surface area contributed by atoms with Crippen molar-refractivity contribution >= 4 is 31.6 Å². The average Bonchev–Trinajstić information content (AvgIpc) is 2.72. The van der Waals surface area contributed by atoms with Crippen LogP contribution in [0.15, 0.2) is 27.6 Å². The van der Waals surface area contributed by atoms with Crippen LogP contribution in [0.25, 0.3) is 0 Å². The molecular weight excluding hydrogens is 304 g/mol. The molecule has 4 nitrogen and oxygen atoms in total. The second kappa shape index (κ2) is 4.96. The van der Waals surface area contributed by atoms with Crippen molar-refractivity contribution in [3.8, 4) is 0 Å². The number of nitrogens with two attached hydrogens (primary N) is 1. The number of nitrogens with one attached hydrogen (secondary N) is 1. The van der Waals surface area contributed by atoms with E-state index in [-0.39, 0.29) is 4.90 Å². The van der Waals surface area contributed by atoms with Gasteiger partial charge in [0.05, 0.1) is 4.90 Å². The van der Waals surface area contributed by atoms with Crippen molar-refractivity contribution in [2.24, 2.45) is 5.14 Å². The molecule has 0 spiro atoms. The minimum Gasteiger partial charge on any atom is -0.381 e. The summed E-state index contributed by atoms with van der Waals surface area (Å²) >= 11 is 3.36. The molecule has 6 heteroatoms. The van der Waals surface area contributed by atoms with Crippen LogP contribution in [-0.2, 0) is 10.0 Å². The molecule has 0 aromatic heterocycles. The zero-order valence-corrected chi connectivity index (χ0v) is 11.7. The molecule has 0 aliphatic heterocycles. The summed E-state index contributed by atoms with van der Waals surface area (Å²) in [5, 5.41) is 8.48. The van der Waals surface area contributed by atoms with Gasteiger partial charge in [-0.15, -0.1) is 0 Å². The fourth-order valence-corrected chi connectivity index (χ4v) is 3.26. The highest BCUT2D eigenvalue weighted by Gasteiger charge is 2.16. The van der Waals surface area contributed by atoms with Crippen LogP contribution < -0.4 is 10.5 Å². The van der Waals surface area contributed by atoms with E-state index in [1.807, 2.05) is 0 Å². The first-order chi connectivity index (χ1) is 7.97. The lowest BCUT2D eigenvalue weighted by atomic mass is 10.2. The smallest absolute Gasteiger partial charge is 0.238 e. The van der Waals surface area contributed by atoms with E-state index in [1.165, 1.54) is 37.8 Å². The van der Waals surface area contributed by atoms with Crippen molar-refractivity contribution in [2.75, 3.05) is 5.32 Å². The average molecular weight is 319 g/mol. The summed E-state index contributed by atoms with van der Waals surface area (Å²) in [6, 6.07) is 5.30. The Bertz CT molecular complexity index is 510. The van der Waals surface area contributed by atoms with Gasteiger partial charge in [0, 0.05) is 16.2 Å². The lowest BCUT2D eigenvalue weighted by Gasteiger charge is -2.15. The molecule has 1 aromatic carbocycles. The minimum atomic E-state index is -3.63. The van der Waals surface area contributed by atoms with Gasteiger partial charge in [0.25, 0.3) is 0 Å². The molecule has 1 aliphatic rings. The van der Waals surface area contributed by atoms with E-state index in [9.17, 15) is 8.42 Å². The number of anilines is 1. The predicted molar refractivity (Wildman–Crippen MR) is 71.4 cm³/mol. The van der Waals surface area contributed by atoms with Gasteiger partial charge in [-0.1, -0.05) is 12.8 Å². The highest BCUT2D eigenvalue weighted by atomic mass is 79.9. The number of hydrogen-bond donors (Lipinski definition) is 2. The van der Waals surface area contributed by atoms with E-state index >= 15 is 0 Å². The lowest BCUT2D eigenvalue weighted by molar-refractivity contribution is 0.598. The summed E-state index contributed by atoms with van der Waals surface area (Å²) in [7, 11) is -3.63. The topological polar surface area (TPSA) is 72.2 Å². The standard InChI is InChI=1S/C11H15BrN2O2S/c12-10-7-9(17(13,15)16)5-6-11(10)14-8-3-1-2-4-8/h5-8,14H,1-4H2,(H2,13,15,16). The Morgan fingerprint density at radius 2 is 1.94 bits per heavy atom. The Morgan fingerprint density at radius 3 is 2.47 bits per heavy atom. The maximum atomic E-state index is 11.2. The van der Waals surface area contributed by atoms with Crippen LogP contribution in [0.3, 0.4) is 0 Å². The normalized spacial score (nSPS) is 17.3. The molecule has 17 heavy (non-hydrogen) atoms. The second-order valence-corrected chi connectivity index (χ2v) is 6.73. The molecule has 0 amide bonds. The molecule has 94 valence electrons. The molecule has 2 rings (SSSR count). The SMILES string of the molecule is NS(=O)(=O)c1ccc(NC2CCCC2)c(Br)c1. The third kappa shape index (κ3) is 3.20. The molecule has 3 N–H and O–H groups in total. The fourth-order valence-electron chi connectivity index (χ4n) is 2.08. The van der Waals surface area contributed by atoms with Crippen molar-refractivity contribution < 1.29 is 8.42 Å². The number of rotatable bonds is 3.